The first kappa shape index (κ1) is 11.5. The molecular formula is C11H12N4OS. The van der Waals surface area contributed by atoms with Crippen LogP contribution in [0.5, 0.6) is 0 Å². The second-order valence-electron chi connectivity index (χ2n) is 3.54. The Morgan fingerprint density at radius 2 is 2.41 bits per heavy atom. The Hall–Kier alpha value is -1.95. The van der Waals surface area contributed by atoms with Gasteiger partial charge in [-0.15, -0.1) is 11.3 Å². The Balaban J connectivity index is 2.01. The van der Waals surface area contributed by atoms with Crippen LogP contribution in [0.1, 0.15) is 11.4 Å². The highest BCUT2D eigenvalue weighted by molar-refractivity contribution is 7.13. The highest BCUT2D eigenvalue weighted by atomic mass is 32.1. The Bertz CT molecular complexity index is 538. The van der Waals surface area contributed by atoms with E-state index in [-0.39, 0.29) is 12.3 Å². The molecule has 2 rings (SSSR count). The molecule has 2 heterocycles. The molecule has 0 aliphatic carbocycles. The maximum atomic E-state index is 11.7. The lowest BCUT2D eigenvalue weighted by Crippen LogP contribution is -2.15. The van der Waals surface area contributed by atoms with Gasteiger partial charge in [-0.25, -0.2) is 4.98 Å². The van der Waals surface area contributed by atoms with Crippen LogP contribution >= 0.6 is 11.3 Å². The lowest BCUT2D eigenvalue weighted by Gasteiger charge is -2.05. The third-order valence-electron chi connectivity index (χ3n) is 2.19. The number of carbonyl (C=O) groups is 1. The minimum absolute atomic E-state index is 0.119. The van der Waals surface area contributed by atoms with Crippen LogP contribution in [0.2, 0.25) is 0 Å². The predicted octanol–water partition coefficient (Wildman–Crippen LogP) is 1.61. The highest BCUT2D eigenvalue weighted by Gasteiger charge is 2.08. The summed E-state index contributed by atoms with van der Waals surface area (Å²) < 4.78 is 0. The number of nitrogens with zero attached hydrogens (tertiary/aromatic N) is 2. The van der Waals surface area contributed by atoms with Gasteiger partial charge in [0.15, 0.2) is 5.13 Å². The fraction of sp³-hybridized carbons (Fsp3) is 0.182. The summed E-state index contributed by atoms with van der Waals surface area (Å²) in [4.78, 5) is 19.9. The molecule has 88 valence electrons. The normalized spacial score (nSPS) is 10.2. The number of carbonyl (C=O) groups excluding carboxylic acids is 1. The molecule has 0 saturated heterocycles. The van der Waals surface area contributed by atoms with Crippen molar-refractivity contribution >= 4 is 28.1 Å². The predicted molar refractivity (Wildman–Crippen MR) is 67.8 cm³/mol. The van der Waals surface area contributed by atoms with E-state index in [1.807, 2.05) is 13.0 Å². The van der Waals surface area contributed by atoms with E-state index >= 15 is 0 Å². The van der Waals surface area contributed by atoms with Gasteiger partial charge >= 0.3 is 0 Å². The zero-order valence-electron chi connectivity index (χ0n) is 9.30. The topological polar surface area (TPSA) is 80.9 Å². The molecule has 0 aliphatic heterocycles. The molecule has 0 aromatic carbocycles. The number of anilines is 2. The van der Waals surface area contributed by atoms with E-state index in [1.54, 1.807) is 17.6 Å². The maximum absolute atomic E-state index is 11.7. The number of hydrogen-bond donors (Lipinski definition) is 2. The van der Waals surface area contributed by atoms with Gasteiger partial charge in [-0.2, -0.15) is 0 Å². The maximum Gasteiger partial charge on any atom is 0.230 e. The molecule has 17 heavy (non-hydrogen) atoms. The van der Waals surface area contributed by atoms with Crippen molar-refractivity contribution in [1.29, 1.82) is 0 Å². The number of nitrogens with two attached hydrogens (primary N) is 1. The molecule has 0 saturated carbocycles. The molecule has 3 N–H and O–H groups in total. The van der Waals surface area contributed by atoms with E-state index in [2.05, 4.69) is 15.3 Å². The molecule has 2 aromatic heterocycles. The summed E-state index contributed by atoms with van der Waals surface area (Å²) in [6.07, 6.45) is 1.91. The van der Waals surface area contributed by atoms with Crippen LogP contribution < -0.4 is 11.1 Å². The average molecular weight is 248 g/mol. The molecule has 0 fully saturated rings. The average Bonchev–Trinajstić information content (AvgIpc) is 2.67. The quantitative estimate of drug-likeness (QED) is 0.864. The van der Waals surface area contributed by atoms with Gasteiger partial charge in [0.2, 0.25) is 5.91 Å². The van der Waals surface area contributed by atoms with Crippen molar-refractivity contribution in [3.05, 3.63) is 35.1 Å². The minimum Gasteiger partial charge on any atom is -0.375 e. The Kier molecular flexibility index (Phi) is 3.34. The van der Waals surface area contributed by atoms with E-state index in [0.717, 1.165) is 11.4 Å². The molecule has 0 radical (unpaired) electrons. The van der Waals surface area contributed by atoms with Crippen molar-refractivity contribution in [3.63, 3.8) is 0 Å². The van der Waals surface area contributed by atoms with Gasteiger partial charge in [-0.3, -0.25) is 9.78 Å². The molecule has 0 aliphatic rings. The van der Waals surface area contributed by atoms with Crippen LogP contribution in [0, 0.1) is 6.92 Å². The SMILES string of the molecule is Cc1ncccc1NC(=O)Cc1csc(N)n1. The summed E-state index contributed by atoms with van der Waals surface area (Å²) in [7, 11) is 0. The van der Waals surface area contributed by atoms with E-state index in [1.165, 1.54) is 11.3 Å². The van der Waals surface area contributed by atoms with Gasteiger partial charge in [-0.1, -0.05) is 0 Å². The molecule has 0 bridgehead atoms. The number of thiazole rings is 1. The first-order chi connectivity index (χ1) is 8.15. The molecule has 5 nitrogen and oxygen atoms in total. The first-order valence-electron chi connectivity index (χ1n) is 5.06. The zero-order chi connectivity index (χ0) is 12.3. The van der Waals surface area contributed by atoms with Gasteiger partial charge in [0.25, 0.3) is 0 Å². The lowest BCUT2D eigenvalue weighted by atomic mass is 10.3. The van der Waals surface area contributed by atoms with E-state index in [0.29, 0.717) is 10.8 Å². The van der Waals surface area contributed by atoms with Crippen LogP contribution in [0.15, 0.2) is 23.7 Å². The van der Waals surface area contributed by atoms with Crippen LogP contribution in [-0.2, 0) is 11.2 Å². The number of aromatic nitrogens is 2. The van der Waals surface area contributed by atoms with Crippen molar-refractivity contribution in [3.8, 4) is 0 Å². The Labute approximate surface area is 103 Å². The summed E-state index contributed by atoms with van der Waals surface area (Å²) >= 11 is 1.33. The number of amides is 1. The minimum atomic E-state index is -0.119. The second-order valence-corrected chi connectivity index (χ2v) is 4.43. The van der Waals surface area contributed by atoms with Gasteiger partial charge in [0.1, 0.15) is 0 Å². The molecule has 1 amide bonds. The molecule has 0 unspecified atom stereocenters. The van der Waals surface area contributed by atoms with Crippen molar-refractivity contribution < 1.29 is 4.79 Å². The largest absolute Gasteiger partial charge is 0.375 e. The number of pyridine rings is 1. The third-order valence-corrected chi connectivity index (χ3v) is 2.91. The third kappa shape index (κ3) is 3.01. The second kappa shape index (κ2) is 4.92. The van der Waals surface area contributed by atoms with Crippen molar-refractivity contribution in [2.75, 3.05) is 11.1 Å². The van der Waals surface area contributed by atoms with Crippen LogP contribution in [-0.4, -0.2) is 15.9 Å². The number of nitrogens with one attached hydrogen (secondary N) is 1. The molecule has 0 spiro atoms. The lowest BCUT2D eigenvalue weighted by molar-refractivity contribution is -0.115. The summed E-state index contributed by atoms with van der Waals surface area (Å²) in [5, 5.41) is 5.05. The van der Waals surface area contributed by atoms with Crippen LogP contribution in [0.3, 0.4) is 0 Å². The first-order valence-corrected chi connectivity index (χ1v) is 5.94. The molecule has 2 aromatic rings. The number of hydrogen-bond acceptors (Lipinski definition) is 5. The summed E-state index contributed by atoms with van der Waals surface area (Å²) in [6.45, 7) is 1.84. The number of nitrogen functional groups attached to an aromatic ring is 1. The summed E-state index contributed by atoms with van der Waals surface area (Å²) in [5.41, 5.74) is 7.70. The number of aryl methyl sites for hydroxylation is 1. The van der Waals surface area contributed by atoms with Gasteiger partial charge in [0, 0.05) is 11.6 Å². The van der Waals surface area contributed by atoms with Crippen LogP contribution in [0.25, 0.3) is 0 Å². The Morgan fingerprint density at radius 3 is 3.06 bits per heavy atom. The zero-order valence-corrected chi connectivity index (χ0v) is 10.1. The standard InChI is InChI=1S/C11H12N4OS/c1-7-9(3-2-4-13-7)15-10(16)5-8-6-17-11(12)14-8/h2-4,6H,5H2,1H3,(H2,12,14)(H,15,16). The number of rotatable bonds is 3. The summed E-state index contributed by atoms with van der Waals surface area (Å²) in [5.74, 6) is -0.119. The highest BCUT2D eigenvalue weighted by Crippen LogP contribution is 2.14. The fourth-order valence-corrected chi connectivity index (χ4v) is 1.94. The van der Waals surface area contributed by atoms with E-state index < -0.39 is 0 Å². The van der Waals surface area contributed by atoms with Crippen LogP contribution in [0.4, 0.5) is 10.8 Å². The van der Waals surface area contributed by atoms with Crippen molar-refractivity contribution in [2.45, 2.75) is 13.3 Å². The molecular weight excluding hydrogens is 236 g/mol. The summed E-state index contributed by atoms with van der Waals surface area (Å²) in [6, 6.07) is 3.60. The molecule has 6 heteroatoms. The van der Waals surface area contributed by atoms with E-state index in [9.17, 15) is 4.79 Å². The van der Waals surface area contributed by atoms with Gasteiger partial charge < -0.3 is 11.1 Å². The van der Waals surface area contributed by atoms with Crippen molar-refractivity contribution in [2.24, 2.45) is 0 Å². The molecule has 0 atom stereocenters. The van der Waals surface area contributed by atoms with E-state index in [4.69, 9.17) is 5.73 Å². The van der Waals surface area contributed by atoms with Gasteiger partial charge in [0.05, 0.1) is 23.5 Å². The smallest absolute Gasteiger partial charge is 0.230 e. The van der Waals surface area contributed by atoms with Gasteiger partial charge in [-0.05, 0) is 19.1 Å². The Morgan fingerprint density at radius 1 is 1.59 bits per heavy atom. The monoisotopic (exact) mass is 248 g/mol. The van der Waals surface area contributed by atoms with Crippen molar-refractivity contribution in [1.82, 2.24) is 9.97 Å². The fourth-order valence-electron chi connectivity index (χ4n) is 1.38.